The molecule has 2 N–H and O–H groups in total. The third-order valence-corrected chi connectivity index (χ3v) is 3.17. The summed E-state index contributed by atoms with van der Waals surface area (Å²) < 4.78 is 0.896. The zero-order valence-corrected chi connectivity index (χ0v) is 8.34. The van der Waals surface area contributed by atoms with E-state index in [1.54, 1.807) is 6.20 Å². The summed E-state index contributed by atoms with van der Waals surface area (Å²) in [7, 11) is 0. The van der Waals surface area contributed by atoms with Crippen LogP contribution < -0.4 is 5.73 Å². The summed E-state index contributed by atoms with van der Waals surface area (Å²) in [6.07, 6.45) is 5.17. The number of pyridine rings is 1. The molecule has 64 valence electrons. The quantitative estimate of drug-likeness (QED) is 0.747. The molecule has 1 fully saturated rings. The first-order valence-electron chi connectivity index (χ1n) is 4.12. The lowest BCUT2D eigenvalue weighted by Gasteiger charge is -2.38. The van der Waals surface area contributed by atoms with E-state index in [0.29, 0.717) is 0 Å². The number of halogens is 1. The SMILES string of the molecule is NC1(c2cccnc2Br)CCC1. The van der Waals surface area contributed by atoms with E-state index < -0.39 is 0 Å². The van der Waals surface area contributed by atoms with Crippen molar-refractivity contribution in [3.63, 3.8) is 0 Å². The second-order valence-electron chi connectivity index (χ2n) is 3.35. The molecule has 0 unspecified atom stereocenters. The van der Waals surface area contributed by atoms with E-state index in [4.69, 9.17) is 5.73 Å². The van der Waals surface area contributed by atoms with E-state index in [-0.39, 0.29) is 5.54 Å². The molecule has 0 spiro atoms. The van der Waals surface area contributed by atoms with E-state index in [1.807, 2.05) is 6.07 Å². The molecule has 0 radical (unpaired) electrons. The van der Waals surface area contributed by atoms with Gasteiger partial charge in [-0.1, -0.05) is 6.07 Å². The number of hydrogen-bond donors (Lipinski definition) is 1. The van der Waals surface area contributed by atoms with Gasteiger partial charge in [0.05, 0.1) is 0 Å². The number of rotatable bonds is 1. The van der Waals surface area contributed by atoms with Gasteiger partial charge in [-0.3, -0.25) is 0 Å². The summed E-state index contributed by atoms with van der Waals surface area (Å²) in [4.78, 5) is 4.16. The molecule has 1 aliphatic carbocycles. The van der Waals surface area contributed by atoms with Crippen molar-refractivity contribution in [2.45, 2.75) is 24.8 Å². The van der Waals surface area contributed by atoms with E-state index in [0.717, 1.165) is 23.0 Å². The maximum Gasteiger partial charge on any atom is 0.111 e. The molecule has 1 heterocycles. The van der Waals surface area contributed by atoms with E-state index in [9.17, 15) is 0 Å². The van der Waals surface area contributed by atoms with Gasteiger partial charge in [-0.05, 0) is 41.3 Å². The molecule has 1 aromatic heterocycles. The number of aromatic nitrogens is 1. The Hall–Kier alpha value is -0.410. The minimum Gasteiger partial charge on any atom is -0.321 e. The fourth-order valence-corrected chi connectivity index (χ4v) is 2.23. The Morgan fingerprint density at radius 3 is 2.75 bits per heavy atom. The summed E-state index contributed by atoms with van der Waals surface area (Å²) in [6.45, 7) is 0. The zero-order valence-electron chi connectivity index (χ0n) is 6.76. The molecular formula is C9H11BrN2. The van der Waals surface area contributed by atoms with Crippen LogP contribution in [0, 0.1) is 0 Å². The first-order valence-corrected chi connectivity index (χ1v) is 4.91. The van der Waals surface area contributed by atoms with Crippen molar-refractivity contribution in [1.82, 2.24) is 4.98 Å². The minimum atomic E-state index is -0.104. The van der Waals surface area contributed by atoms with Gasteiger partial charge < -0.3 is 5.73 Å². The molecule has 3 heteroatoms. The normalized spacial score (nSPS) is 20.2. The molecule has 12 heavy (non-hydrogen) atoms. The number of nitrogens with zero attached hydrogens (tertiary/aromatic N) is 1. The van der Waals surface area contributed by atoms with Gasteiger partial charge in [-0.25, -0.2) is 4.98 Å². The van der Waals surface area contributed by atoms with Crippen molar-refractivity contribution in [2.24, 2.45) is 5.73 Å². The molecular weight excluding hydrogens is 216 g/mol. The topological polar surface area (TPSA) is 38.9 Å². The van der Waals surface area contributed by atoms with Crippen LogP contribution in [0.3, 0.4) is 0 Å². The van der Waals surface area contributed by atoms with Gasteiger partial charge in [0, 0.05) is 17.3 Å². The molecule has 1 saturated carbocycles. The molecule has 0 aliphatic heterocycles. The maximum absolute atomic E-state index is 6.15. The highest BCUT2D eigenvalue weighted by Gasteiger charge is 2.35. The van der Waals surface area contributed by atoms with Crippen LogP contribution in [0.4, 0.5) is 0 Å². The molecule has 2 rings (SSSR count). The first-order chi connectivity index (χ1) is 5.72. The second kappa shape index (κ2) is 2.82. The average Bonchev–Trinajstić information content (AvgIpc) is 2.01. The van der Waals surface area contributed by atoms with Crippen molar-refractivity contribution >= 4 is 15.9 Å². The third kappa shape index (κ3) is 1.17. The highest BCUT2D eigenvalue weighted by atomic mass is 79.9. The number of hydrogen-bond acceptors (Lipinski definition) is 2. The Balaban J connectivity index is 2.39. The van der Waals surface area contributed by atoms with E-state index in [1.165, 1.54) is 6.42 Å². The molecule has 1 aliphatic rings. The van der Waals surface area contributed by atoms with Gasteiger partial charge in [-0.2, -0.15) is 0 Å². The highest BCUT2D eigenvalue weighted by molar-refractivity contribution is 9.10. The molecule has 0 aromatic carbocycles. The minimum absolute atomic E-state index is 0.104. The second-order valence-corrected chi connectivity index (χ2v) is 4.10. The van der Waals surface area contributed by atoms with Crippen molar-refractivity contribution in [1.29, 1.82) is 0 Å². The highest BCUT2D eigenvalue weighted by Crippen LogP contribution is 2.40. The smallest absolute Gasteiger partial charge is 0.111 e. The van der Waals surface area contributed by atoms with Gasteiger partial charge in [0.1, 0.15) is 4.60 Å². The summed E-state index contributed by atoms with van der Waals surface area (Å²) in [6, 6.07) is 3.99. The predicted octanol–water partition coefficient (Wildman–Crippen LogP) is 2.18. The van der Waals surface area contributed by atoms with Crippen molar-refractivity contribution in [2.75, 3.05) is 0 Å². The van der Waals surface area contributed by atoms with Gasteiger partial charge in [0.25, 0.3) is 0 Å². The largest absolute Gasteiger partial charge is 0.321 e. The van der Waals surface area contributed by atoms with Gasteiger partial charge in [-0.15, -0.1) is 0 Å². The number of nitrogens with two attached hydrogens (primary N) is 1. The predicted molar refractivity (Wildman–Crippen MR) is 51.7 cm³/mol. The Kier molecular flexibility index (Phi) is 1.93. The van der Waals surface area contributed by atoms with Crippen molar-refractivity contribution in [3.8, 4) is 0 Å². The maximum atomic E-state index is 6.15. The first kappa shape index (κ1) is 8.20. The molecule has 2 nitrogen and oxygen atoms in total. The summed E-state index contributed by atoms with van der Waals surface area (Å²) in [5, 5.41) is 0. The average molecular weight is 227 g/mol. The Bertz CT molecular complexity index is 294. The fourth-order valence-electron chi connectivity index (χ4n) is 1.58. The van der Waals surface area contributed by atoms with Crippen LogP contribution in [0.15, 0.2) is 22.9 Å². The molecule has 1 aromatic rings. The summed E-state index contributed by atoms with van der Waals surface area (Å²) in [5.74, 6) is 0. The van der Waals surface area contributed by atoms with Crippen molar-refractivity contribution < 1.29 is 0 Å². The van der Waals surface area contributed by atoms with Crippen LogP contribution in [0.5, 0.6) is 0 Å². The van der Waals surface area contributed by atoms with Crippen LogP contribution in [-0.2, 0) is 5.54 Å². The fraction of sp³-hybridized carbons (Fsp3) is 0.444. The Morgan fingerprint density at radius 1 is 1.50 bits per heavy atom. The Morgan fingerprint density at radius 2 is 2.25 bits per heavy atom. The van der Waals surface area contributed by atoms with Gasteiger partial charge in [0.15, 0.2) is 0 Å². The lowest BCUT2D eigenvalue weighted by molar-refractivity contribution is 0.251. The zero-order chi connectivity index (χ0) is 8.60. The van der Waals surface area contributed by atoms with Crippen LogP contribution >= 0.6 is 15.9 Å². The lowest BCUT2D eigenvalue weighted by Crippen LogP contribution is -2.43. The molecule has 0 amide bonds. The standard InChI is InChI=1S/C9H11BrN2/c10-8-7(3-1-6-12-8)9(11)4-2-5-9/h1,3,6H,2,4-5,11H2. The van der Waals surface area contributed by atoms with Crippen LogP contribution in [-0.4, -0.2) is 4.98 Å². The molecule has 0 bridgehead atoms. The Labute approximate surface area is 80.3 Å². The molecule has 0 atom stereocenters. The third-order valence-electron chi connectivity index (χ3n) is 2.54. The van der Waals surface area contributed by atoms with Crippen LogP contribution in [0.2, 0.25) is 0 Å². The van der Waals surface area contributed by atoms with Crippen LogP contribution in [0.25, 0.3) is 0 Å². The van der Waals surface area contributed by atoms with Crippen LogP contribution in [0.1, 0.15) is 24.8 Å². The summed E-state index contributed by atoms with van der Waals surface area (Å²) in [5.41, 5.74) is 7.20. The lowest BCUT2D eigenvalue weighted by atomic mass is 9.73. The van der Waals surface area contributed by atoms with E-state index in [2.05, 4.69) is 27.0 Å². The van der Waals surface area contributed by atoms with Gasteiger partial charge >= 0.3 is 0 Å². The summed E-state index contributed by atoms with van der Waals surface area (Å²) >= 11 is 3.42. The molecule has 0 saturated heterocycles. The van der Waals surface area contributed by atoms with Crippen molar-refractivity contribution in [3.05, 3.63) is 28.5 Å². The van der Waals surface area contributed by atoms with E-state index >= 15 is 0 Å². The van der Waals surface area contributed by atoms with Gasteiger partial charge in [0.2, 0.25) is 0 Å². The monoisotopic (exact) mass is 226 g/mol.